The summed E-state index contributed by atoms with van der Waals surface area (Å²) >= 11 is 0. The summed E-state index contributed by atoms with van der Waals surface area (Å²) in [6, 6.07) is 7.96. The van der Waals surface area contributed by atoms with E-state index in [0.29, 0.717) is 18.9 Å². The van der Waals surface area contributed by atoms with Crippen LogP contribution in [0.2, 0.25) is 0 Å². The largest absolute Gasteiger partial charge is 0.351 e. The molecule has 6 heteroatoms. The molecule has 150 valence electrons. The first kappa shape index (κ1) is 19.0. The molecule has 2 amide bonds. The van der Waals surface area contributed by atoms with Crippen molar-refractivity contribution in [2.24, 2.45) is 5.92 Å². The Labute approximate surface area is 166 Å². The van der Waals surface area contributed by atoms with Crippen LogP contribution < -0.4 is 5.32 Å². The molecule has 1 aromatic heterocycles. The molecule has 0 radical (unpaired) electrons. The first-order chi connectivity index (χ1) is 13.4. The molecule has 1 aliphatic carbocycles. The predicted octanol–water partition coefficient (Wildman–Crippen LogP) is 3.36. The van der Waals surface area contributed by atoms with E-state index in [1.807, 2.05) is 42.7 Å². The van der Waals surface area contributed by atoms with Gasteiger partial charge in [-0.2, -0.15) is 0 Å². The molecule has 1 saturated carbocycles. The second-order valence-corrected chi connectivity index (χ2v) is 8.67. The SMILES string of the molecule is CCCN1C(=O)c2nc3ccccc3n2C[C@@]1(C)C(=O)NC1CCC(C)CC1. The van der Waals surface area contributed by atoms with Gasteiger partial charge in [-0.25, -0.2) is 4.98 Å². The Kier molecular flexibility index (Phi) is 4.89. The molecule has 1 N–H and O–H groups in total. The lowest BCUT2D eigenvalue weighted by Gasteiger charge is -2.44. The van der Waals surface area contributed by atoms with Crippen molar-refractivity contribution in [3.8, 4) is 0 Å². The van der Waals surface area contributed by atoms with Crippen LogP contribution in [0.4, 0.5) is 0 Å². The summed E-state index contributed by atoms with van der Waals surface area (Å²) in [5.41, 5.74) is 0.799. The highest BCUT2D eigenvalue weighted by atomic mass is 16.2. The number of benzene rings is 1. The number of hydrogen-bond donors (Lipinski definition) is 1. The van der Waals surface area contributed by atoms with Crippen LogP contribution in [-0.2, 0) is 11.3 Å². The Hall–Kier alpha value is -2.37. The molecule has 1 fully saturated rings. The van der Waals surface area contributed by atoms with Gasteiger partial charge in [0.05, 0.1) is 17.6 Å². The number of aromatic nitrogens is 2. The number of nitrogens with zero attached hydrogens (tertiary/aromatic N) is 3. The lowest BCUT2D eigenvalue weighted by molar-refractivity contribution is -0.133. The molecule has 0 unspecified atom stereocenters. The van der Waals surface area contributed by atoms with Gasteiger partial charge in [-0.3, -0.25) is 9.59 Å². The zero-order valence-corrected chi connectivity index (χ0v) is 17.1. The van der Waals surface area contributed by atoms with Gasteiger partial charge in [0.25, 0.3) is 5.91 Å². The number of carbonyl (C=O) groups is 2. The number of carbonyl (C=O) groups excluding carboxylic acids is 2. The maximum absolute atomic E-state index is 13.4. The van der Waals surface area contributed by atoms with Gasteiger partial charge < -0.3 is 14.8 Å². The van der Waals surface area contributed by atoms with Gasteiger partial charge in [-0.1, -0.05) is 26.0 Å². The molecule has 6 nitrogen and oxygen atoms in total. The van der Waals surface area contributed by atoms with Crippen molar-refractivity contribution in [2.75, 3.05) is 6.54 Å². The third kappa shape index (κ3) is 3.09. The van der Waals surface area contributed by atoms with Crippen molar-refractivity contribution < 1.29 is 9.59 Å². The number of para-hydroxylation sites is 2. The highest BCUT2D eigenvalue weighted by Gasteiger charge is 2.48. The molecular weight excluding hydrogens is 352 g/mol. The average Bonchev–Trinajstić information content (AvgIpc) is 3.05. The number of fused-ring (bicyclic) bond motifs is 3. The minimum atomic E-state index is -0.910. The molecule has 0 saturated heterocycles. The van der Waals surface area contributed by atoms with Crippen molar-refractivity contribution in [1.82, 2.24) is 19.8 Å². The van der Waals surface area contributed by atoms with E-state index in [4.69, 9.17) is 0 Å². The maximum Gasteiger partial charge on any atom is 0.290 e. The average molecular weight is 383 g/mol. The van der Waals surface area contributed by atoms with E-state index in [1.54, 1.807) is 4.90 Å². The van der Waals surface area contributed by atoms with Crippen LogP contribution in [0, 0.1) is 5.92 Å². The third-order valence-electron chi connectivity index (χ3n) is 6.44. The van der Waals surface area contributed by atoms with Crippen LogP contribution in [0.5, 0.6) is 0 Å². The second-order valence-electron chi connectivity index (χ2n) is 8.67. The fraction of sp³-hybridized carbons (Fsp3) is 0.591. The quantitative estimate of drug-likeness (QED) is 0.882. The van der Waals surface area contributed by atoms with Gasteiger partial charge in [0.1, 0.15) is 5.54 Å². The Morgan fingerprint density at radius 3 is 2.68 bits per heavy atom. The van der Waals surface area contributed by atoms with Crippen LogP contribution in [0.15, 0.2) is 24.3 Å². The lowest BCUT2D eigenvalue weighted by Crippen LogP contribution is -2.65. The zero-order chi connectivity index (χ0) is 19.9. The number of imidazole rings is 1. The van der Waals surface area contributed by atoms with Gasteiger partial charge in [0.2, 0.25) is 5.91 Å². The fourth-order valence-electron chi connectivity index (χ4n) is 4.65. The van der Waals surface area contributed by atoms with Crippen LogP contribution in [0.1, 0.15) is 63.5 Å². The normalized spacial score (nSPS) is 27.7. The third-order valence-corrected chi connectivity index (χ3v) is 6.44. The van der Waals surface area contributed by atoms with Crippen molar-refractivity contribution in [1.29, 1.82) is 0 Å². The molecule has 2 aromatic rings. The summed E-state index contributed by atoms with van der Waals surface area (Å²) in [6.45, 7) is 7.19. The Balaban J connectivity index is 1.67. The van der Waals surface area contributed by atoms with Crippen molar-refractivity contribution in [3.63, 3.8) is 0 Å². The lowest BCUT2D eigenvalue weighted by atomic mass is 9.86. The monoisotopic (exact) mass is 382 g/mol. The van der Waals surface area contributed by atoms with Crippen molar-refractivity contribution in [2.45, 2.75) is 71.0 Å². The van der Waals surface area contributed by atoms with Crippen molar-refractivity contribution >= 4 is 22.8 Å². The first-order valence-corrected chi connectivity index (χ1v) is 10.5. The molecule has 4 rings (SSSR count). The summed E-state index contributed by atoms with van der Waals surface area (Å²) in [7, 11) is 0. The summed E-state index contributed by atoms with van der Waals surface area (Å²) in [5.74, 6) is 0.972. The molecule has 0 bridgehead atoms. The van der Waals surface area contributed by atoms with E-state index in [0.717, 1.165) is 49.1 Å². The highest BCUT2D eigenvalue weighted by Crippen LogP contribution is 2.31. The topological polar surface area (TPSA) is 67.2 Å². The summed E-state index contributed by atoms with van der Waals surface area (Å²) < 4.78 is 1.92. The highest BCUT2D eigenvalue weighted by molar-refractivity contribution is 6.01. The summed E-state index contributed by atoms with van der Waals surface area (Å²) in [6.07, 6.45) is 5.13. The number of amides is 2. The molecule has 1 aromatic carbocycles. The first-order valence-electron chi connectivity index (χ1n) is 10.5. The molecule has 2 aliphatic rings. The van der Waals surface area contributed by atoms with E-state index in [9.17, 15) is 9.59 Å². The molecule has 0 spiro atoms. The smallest absolute Gasteiger partial charge is 0.290 e. The minimum absolute atomic E-state index is 0.0442. The van der Waals surface area contributed by atoms with Gasteiger partial charge in [-0.05, 0) is 57.1 Å². The molecule has 1 atom stereocenters. The molecule has 2 heterocycles. The Morgan fingerprint density at radius 2 is 1.96 bits per heavy atom. The van der Waals surface area contributed by atoms with Crippen LogP contribution in [0.3, 0.4) is 0 Å². The van der Waals surface area contributed by atoms with Crippen LogP contribution in [-0.4, -0.2) is 44.4 Å². The van der Waals surface area contributed by atoms with Crippen LogP contribution in [0.25, 0.3) is 11.0 Å². The standard InChI is InChI=1S/C22H30N4O2/c1-4-13-26-20(27)19-24-17-7-5-6-8-18(17)25(19)14-22(26,3)21(28)23-16-11-9-15(2)10-12-16/h5-8,15-16H,4,9-14H2,1-3H3,(H,23,28)/t15?,16?,22-/m0/s1. The Morgan fingerprint density at radius 1 is 1.25 bits per heavy atom. The number of hydrogen-bond acceptors (Lipinski definition) is 3. The van der Waals surface area contributed by atoms with E-state index >= 15 is 0 Å². The molecule has 28 heavy (non-hydrogen) atoms. The minimum Gasteiger partial charge on any atom is -0.351 e. The van der Waals surface area contributed by atoms with Gasteiger partial charge >= 0.3 is 0 Å². The number of nitrogens with one attached hydrogen (secondary N) is 1. The van der Waals surface area contributed by atoms with Gasteiger partial charge in [-0.15, -0.1) is 0 Å². The van der Waals surface area contributed by atoms with Crippen molar-refractivity contribution in [3.05, 3.63) is 30.1 Å². The van der Waals surface area contributed by atoms with E-state index < -0.39 is 5.54 Å². The van der Waals surface area contributed by atoms with Gasteiger partial charge in [0, 0.05) is 12.6 Å². The van der Waals surface area contributed by atoms with Crippen LogP contribution >= 0.6 is 0 Å². The zero-order valence-electron chi connectivity index (χ0n) is 17.1. The number of rotatable bonds is 4. The summed E-state index contributed by atoms with van der Waals surface area (Å²) in [5, 5.41) is 3.26. The maximum atomic E-state index is 13.4. The molecule has 1 aliphatic heterocycles. The second kappa shape index (κ2) is 7.22. The fourth-order valence-corrected chi connectivity index (χ4v) is 4.65. The Bertz CT molecular complexity index is 897. The summed E-state index contributed by atoms with van der Waals surface area (Å²) in [4.78, 5) is 33.0. The molecular formula is C22H30N4O2. The van der Waals surface area contributed by atoms with E-state index in [1.165, 1.54) is 0 Å². The van der Waals surface area contributed by atoms with E-state index in [2.05, 4.69) is 17.2 Å². The van der Waals surface area contributed by atoms with E-state index in [-0.39, 0.29) is 17.9 Å². The predicted molar refractivity (Wildman–Crippen MR) is 109 cm³/mol. The van der Waals surface area contributed by atoms with Gasteiger partial charge in [0.15, 0.2) is 5.82 Å².